The van der Waals surface area contributed by atoms with E-state index in [4.69, 9.17) is 10.4 Å². The van der Waals surface area contributed by atoms with E-state index in [0.717, 1.165) is 29.7 Å². The Hall–Kier alpha value is -2.65. The van der Waals surface area contributed by atoms with Gasteiger partial charge >= 0.3 is 0 Å². The summed E-state index contributed by atoms with van der Waals surface area (Å²) in [4.78, 5) is 12.8. The Bertz CT molecular complexity index is 840. The minimum atomic E-state index is -0.600. The molecule has 0 aliphatic heterocycles. The maximum Gasteiger partial charge on any atom is 0.269 e. The molecule has 0 saturated heterocycles. The van der Waals surface area contributed by atoms with Crippen LogP contribution in [0.15, 0.2) is 24.3 Å². The first-order valence-electron chi connectivity index (χ1n) is 9.01. The second kappa shape index (κ2) is 7.30. The Morgan fingerprint density at radius 2 is 2.00 bits per heavy atom. The third-order valence-corrected chi connectivity index (χ3v) is 4.48. The van der Waals surface area contributed by atoms with Crippen LogP contribution in [-0.2, 0) is 0 Å². The van der Waals surface area contributed by atoms with Crippen molar-refractivity contribution in [1.29, 1.82) is 5.26 Å². The van der Waals surface area contributed by atoms with Crippen LogP contribution in [0.5, 0.6) is 0 Å². The van der Waals surface area contributed by atoms with Gasteiger partial charge in [-0.15, -0.1) is 0 Å². The summed E-state index contributed by atoms with van der Waals surface area (Å²) in [7, 11) is 0. The number of benzene rings is 1. The molecule has 2 N–H and O–H groups in total. The van der Waals surface area contributed by atoms with Crippen LogP contribution in [-0.4, -0.2) is 33.4 Å². The van der Waals surface area contributed by atoms with Crippen molar-refractivity contribution in [2.75, 3.05) is 6.54 Å². The number of hydrogen-bond donors (Lipinski definition) is 2. The van der Waals surface area contributed by atoms with E-state index in [1.54, 1.807) is 23.7 Å². The molecular formula is C20H24N4O2. The zero-order valence-electron chi connectivity index (χ0n) is 15.4. The Labute approximate surface area is 153 Å². The second-order valence-electron chi connectivity index (χ2n) is 7.17. The molecule has 1 aromatic carbocycles. The van der Waals surface area contributed by atoms with Crippen LogP contribution in [0.2, 0.25) is 0 Å². The molecule has 3 rings (SSSR count). The van der Waals surface area contributed by atoms with Crippen LogP contribution in [0, 0.1) is 11.3 Å². The van der Waals surface area contributed by atoms with E-state index in [2.05, 4.69) is 11.4 Å². The fourth-order valence-corrected chi connectivity index (χ4v) is 3.05. The third-order valence-electron chi connectivity index (χ3n) is 4.48. The van der Waals surface area contributed by atoms with E-state index in [0.29, 0.717) is 17.2 Å². The molecule has 1 fully saturated rings. The van der Waals surface area contributed by atoms with Crippen molar-refractivity contribution in [3.05, 3.63) is 41.1 Å². The SMILES string of the molecule is CC(C)n1nc(-c2ccc(C#N)cc2)c(C2CC2)c1C(=O)NC[C@@H](C)O. The molecule has 1 atom stereocenters. The number of aliphatic hydroxyl groups is 1. The summed E-state index contributed by atoms with van der Waals surface area (Å²) < 4.78 is 1.78. The van der Waals surface area contributed by atoms with Gasteiger partial charge in [-0.3, -0.25) is 9.48 Å². The van der Waals surface area contributed by atoms with Gasteiger partial charge in [0, 0.05) is 23.7 Å². The first kappa shape index (κ1) is 18.2. The molecule has 136 valence electrons. The lowest BCUT2D eigenvalue weighted by Crippen LogP contribution is -2.33. The average Bonchev–Trinajstić information content (AvgIpc) is 3.38. The summed E-state index contributed by atoms with van der Waals surface area (Å²) in [5.74, 6) is 0.134. The topological polar surface area (TPSA) is 90.9 Å². The van der Waals surface area contributed by atoms with Crippen molar-refractivity contribution < 1.29 is 9.90 Å². The molecule has 0 radical (unpaired) electrons. The number of nitrogens with one attached hydrogen (secondary N) is 1. The van der Waals surface area contributed by atoms with Gasteiger partial charge in [-0.1, -0.05) is 12.1 Å². The number of carbonyl (C=O) groups excluding carboxylic acids is 1. The first-order chi connectivity index (χ1) is 12.4. The number of rotatable bonds is 6. The number of nitriles is 1. The van der Waals surface area contributed by atoms with Crippen molar-refractivity contribution >= 4 is 5.91 Å². The highest BCUT2D eigenvalue weighted by atomic mass is 16.3. The summed E-state index contributed by atoms with van der Waals surface area (Å²) >= 11 is 0. The van der Waals surface area contributed by atoms with Crippen LogP contribution < -0.4 is 5.32 Å². The maximum absolute atomic E-state index is 12.8. The maximum atomic E-state index is 12.8. The Morgan fingerprint density at radius 1 is 1.35 bits per heavy atom. The van der Waals surface area contributed by atoms with Gasteiger partial charge in [-0.05, 0) is 51.7 Å². The molecule has 1 heterocycles. The average molecular weight is 352 g/mol. The molecule has 6 nitrogen and oxygen atoms in total. The van der Waals surface area contributed by atoms with Gasteiger partial charge in [-0.25, -0.2) is 0 Å². The number of nitrogens with zero attached hydrogens (tertiary/aromatic N) is 3. The molecule has 0 spiro atoms. The Balaban J connectivity index is 2.09. The molecule has 1 amide bonds. The number of aliphatic hydroxyl groups excluding tert-OH is 1. The summed E-state index contributed by atoms with van der Waals surface area (Å²) in [6.45, 7) is 5.85. The van der Waals surface area contributed by atoms with Gasteiger partial charge in [0.05, 0.1) is 23.4 Å². The smallest absolute Gasteiger partial charge is 0.269 e. The minimum absolute atomic E-state index is 0.0342. The fraction of sp³-hybridized carbons (Fsp3) is 0.450. The molecule has 0 bridgehead atoms. The van der Waals surface area contributed by atoms with Crippen LogP contribution in [0.4, 0.5) is 0 Å². The largest absolute Gasteiger partial charge is 0.392 e. The molecule has 1 aliphatic rings. The highest BCUT2D eigenvalue weighted by molar-refractivity contribution is 5.96. The van der Waals surface area contributed by atoms with Crippen LogP contribution in [0.25, 0.3) is 11.3 Å². The molecule has 2 aromatic rings. The van der Waals surface area contributed by atoms with Crippen molar-refractivity contribution in [2.24, 2.45) is 0 Å². The molecule has 1 aromatic heterocycles. The second-order valence-corrected chi connectivity index (χ2v) is 7.17. The highest BCUT2D eigenvalue weighted by Gasteiger charge is 2.35. The van der Waals surface area contributed by atoms with Crippen LogP contribution in [0.3, 0.4) is 0 Å². The standard InChI is InChI=1S/C20H24N4O2/c1-12(2)24-19(20(26)22-11-13(3)25)17(15-8-9-15)18(23-24)16-6-4-14(10-21)5-7-16/h4-7,12-13,15,25H,8-9,11H2,1-3H3,(H,22,26)/t13-/m1/s1. The molecule has 0 unspecified atom stereocenters. The van der Waals surface area contributed by atoms with E-state index in [1.165, 1.54) is 0 Å². The van der Waals surface area contributed by atoms with Crippen LogP contribution in [0.1, 0.15) is 67.2 Å². The minimum Gasteiger partial charge on any atom is -0.392 e. The monoisotopic (exact) mass is 352 g/mol. The van der Waals surface area contributed by atoms with Gasteiger partial charge in [0.15, 0.2) is 0 Å². The number of aromatic nitrogens is 2. The lowest BCUT2D eigenvalue weighted by Gasteiger charge is -2.13. The molecule has 1 aliphatic carbocycles. The van der Waals surface area contributed by atoms with E-state index >= 15 is 0 Å². The predicted molar refractivity (Wildman–Crippen MR) is 98.8 cm³/mol. The van der Waals surface area contributed by atoms with E-state index in [1.807, 2.05) is 26.0 Å². The Morgan fingerprint density at radius 3 is 2.50 bits per heavy atom. The number of amides is 1. The predicted octanol–water partition coefficient (Wildman–Crippen LogP) is 2.99. The normalized spacial score (nSPS) is 14.9. The Kier molecular flexibility index (Phi) is 5.10. The summed E-state index contributed by atoms with van der Waals surface area (Å²) in [6, 6.07) is 9.47. The number of hydrogen-bond acceptors (Lipinski definition) is 4. The quantitative estimate of drug-likeness (QED) is 0.836. The molecular weight excluding hydrogens is 328 g/mol. The zero-order chi connectivity index (χ0) is 18.8. The number of carbonyl (C=O) groups is 1. The molecule has 26 heavy (non-hydrogen) atoms. The van der Waals surface area contributed by atoms with Crippen molar-refractivity contribution in [3.8, 4) is 17.3 Å². The molecule has 1 saturated carbocycles. The lowest BCUT2D eigenvalue weighted by molar-refractivity contribution is 0.0910. The summed E-state index contributed by atoms with van der Waals surface area (Å²) in [6.07, 6.45) is 1.49. The fourth-order valence-electron chi connectivity index (χ4n) is 3.05. The van der Waals surface area contributed by atoms with Gasteiger partial charge in [0.25, 0.3) is 5.91 Å². The third kappa shape index (κ3) is 3.63. The van der Waals surface area contributed by atoms with Crippen LogP contribution >= 0.6 is 0 Å². The van der Waals surface area contributed by atoms with Crippen molar-refractivity contribution in [2.45, 2.75) is 51.7 Å². The van der Waals surface area contributed by atoms with E-state index < -0.39 is 6.10 Å². The zero-order valence-corrected chi connectivity index (χ0v) is 15.4. The lowest BCUT2D eigenvalue weighted by atomic mass is 10.0. The van der Waals surface area contributed by atoms with Gasteiger partial charge in [-0.2, -0.15) is 10.4 Å². The highest BCUT2D eigenvalue weighted by Crippen LogP contribution is 2.46. The van der Waals surface area contributed by atoms with Crippen molar-refractivity contribution in [1.82, 2.24) is 15.1 Å². The first-order valence-corrected chi connectivity index (χ1v) is 9.01. The molecule has 6 heteroatoms. The van der Waals surface area contributed by atoms with E-state index in [9.17, 15) is 9.90 Å². The van der Waals surface area contributed by atoms with Crippen molar-refractivity contribution in [3.63, 3.8) is 0 Å². The summed E-state index contributed by atoms with van der Waals surface area (Å²) in [5, 5.41) is 26.1. The van der Waals surface area contributed by atoms with E-state index in [-0.39, 0.29) is 18.5 Å². The summed E-state index contributed by atoms with van der Waals surface area (Å²) in [5.41, 5.74) is 3.89. The van der Waals surface area contributed by atoms with Gasteiger partial charge in [0.1, 0.15) is 5.69 Å². The van der Waals surface area contributed by atoms with Gasteiger partial charge in [0.2, 0.25) is 0 Å². The van der Waals surface area contributed by atoms with Gasteiger partial charge < -0.3 is 10.4 Å².